The highest BCUT2D eigenvalue weighted by atomic mass is 16.5. The fraction of sp³-hybridized carbons (Fsp3) is 0.250. The summed E-state index contributed by atoms with van der Waals surface area (Å²) in [5.41, 5.74) is 5.24. The van der Waals surface area contributed by atoms with Crippen LogP contribution in [0.1, 0.15) is 16.7 Å². The van der Waals surface area contributed by atoms with E-state index in [-0.39, 0.29) is 0 Å². The Labute approximate surface area is 108 Å². The molecule has 0 bridgehead atoms. The highest BCUT2D eigenvalue weighted by Crippen LogP contribution is 2.35. The first kappa shape index (κ1) is 11.1. The molecule has 2 nitrogen and oxygen atoms in total. The van der Waals surface area contributed by atoms with E-state index in [9.17, 15) is 0 Å². The van der Waals surface area contributed by atoms with Crippen molar-refractivity contribution < 1.29 is 4.74 Å². The van der Waals surface area contributed by atoms with E-state index < -0.39 is 0 Å². The standard InChI is InChI=1S/C16H17NO/c1-12-7-8-15(16(9-12)18-2)17-10-13-5-3-4-6-14(13)11-17/h3-9H,10-11H2,1-2H3. The molecule has 1 heterocycles. The Balaban J connectivity index is 1.95. The quantitative estimate of drug-likeness (QED) is 0.795. The van der Waals surface area contributed by atoms with Crippen molar-refractivity contribution in [1.29, 1.82) is 0 Å². The van der Waals surface area contributed by atoms with Crippen LogP contribution in [0.3, 0.4) is 0 Å². The molecule has 0 aliphatic carbocycles. The molecule has 0 saturated heterocycles. The van der Waals surface area contributed by atoms with Gasteiger partial charge in [0.2, 0.25) is 0 Å². The summed E-state index contributed by atoms with van der Waals surface area (Å²) in [4.78, 5) is 2.36. The van der Waals surface area contributed by atoms with Crippen LogP contribution in [0.4, 0.5) is 5.69 Å². The SMILES string of the molecule is COc1cc(C)ccc1N1Cc2ccccc2C1. The van der Waals surface area contributed by atoms with E-state index >= 15 is 0 Å². The van der Waals surface area contributed by atoms with Gasteiger partial charge in [0.05, 0.1) is 12.8 Å². The lowest BCUT2D eigenvalue weighted by Crippen LogP contribution is -2.15. The molecule has 1 aliphatic rings. The highest BCUT2D eigenvalue weighted by Gasteiger charge is 2.20. The van der Waals surface area contributed by atoms with E-state index in [0.29, 0.717) is 0 Å². The van der Waals surface area contributed by atoms with Gasteiger partial charge in [0, 0.05) is 13.1 Å². The summed E-state index contributed by atoms with van der Waals surface area (Å²) in [6, 6.07) is 15.0. The number of benzene rings is 2. The van der Waals surface area contributed by atoms with Crippen molar-refractivity contribution in [2.45, 2.75) is 20.0 Å². The van der Waals surface area contributed by atoms with Crippen molar-refractivity contribution in [1.82, 2.24) is 0 Å². The van der Waals surface area contributed by atoms with Gasteiger partial charge in [0.25, 0.3) is 0 Å². The molecule has 18 heavy (non-hydrogen) atoms. The average molecular weight is 239 g/mol. The third kappa shape index (κ3) is 1.84. The number of hydrogen-bond acceptors (Lipinski definition) is 2. The van der Waals surface area contributed by atoms with Crippen LogP contribution in [0, 0.1) is 6.92 Å². The van der Waals surface area contributed by atoms with E-state index in [1.165, 1.54) is 22.4 Å². The second-order valence-corrected chi connectivity index (χ2v) is 4.80. The Hall–Kier alpha value is -1.96. The fourth-order valence-electron chi connectivity index (χ4n) is 2.55. The number of methoxy groups -OCH3 is 1. The predicted molar refractivity (Wildman–Crippen MR) is 74.1 cm³/mol. The molecule has 1 aliphatic heterocycles. The summed E-state index contributed by atoms with van der Waals surface area (Å²) in [6.07, 6.45) is 0. The Morgan fingerprint density at radius 2 is 1.67 bits per heavy atom. The average Bonchev–Trinajstić information content (AvgIpc) is 2.82. The van der Waals surface area contributed by atoms with Crippen molar-refractivity contribution in [2.75, 3.05) is 12.0 Å². The van der Waals surface area contributed by atoms with Crippen molar-refractivity contribution in [3.8, 4) is 5.75 Å². The van der Waals surface area contributed by atoms with Crippen LogP contribution in [-0.4, -0.2) is 7.11 Å². The minimum absolute atomic E-state index is 0.961. The minimum atomic E-state index is 0.961. The minimum Gasteiger partial charge on any atom is -0.495 e. The Morgan fingerprint density at radius 1 is 1.00 bits per heavy atom. The molecule has 2 aromatic carbocycles. The van der Waals surface area contributed by atoms with Crippen LogP contribution in [0.2, 0.25) is 0 Å². The summed E-state index contributed by atoms with van der Waals surface area (Å²) in [5.74, 6) is 0.961. The molecule has 2 aromatic rings. The van der Waals surface area contributed by atoms with Gasteiger partial charge in [-0.2, -0.15) is 0 Å². The maximum absolute atomic E-state index is 5.50. The molecule has 0 unspecified atom stereocenters. The summed E-state index contributed by atoms with van der Waals surface area (Å²) < 4.78 is 5.50. The zero-order valence-electron chi connectivity index (χ0n) is 10.8. The van der Waals surface area contributed by atoms with E-state index in [0.717, 1.165) is 18.8 Å². The lowest BCUT2D eigenvalue weighted by atomic mass is 10.1. The predicted octanol–water partition coefficient (Wildman–Crippen LogP) is 3.52. The van der Waals surface area contributed by atoms with Gasteiger partial charge in [-0.15, -0.1) is 0 Å². The molecule has 0 saturated carbocycles. The van der Waals surface area contributed by atoms with Gasteiger partial charge in [-0.05, 0) is 35.7 Å². The molecule has 0 fully saturated rings. The van der Waals surface area contributed by atoms with Crippen molar-refractivity contribution >= 4 is 5.69 Å². The zero-order valence-corrected chi connectivity index (χ0v) is 10.8. The Bertz CT molecular complexity index is 552. The first-order valence-electron chi connectivity index (χ1n) is 6.24. The van der Waals surface area contributed by atoms with Crippen LogP contribution in [0.5, 0.6) is 5.75 Å². The number of anilines is 1. The molecular formula is C16H17NO. The fourth-order valence-corrected chi connectivity index (χ4v) is 2.55. The van der Waals surface area contributed by atoms with Crippen LogP contribution >= 0.6 is 0 Å². The van der Waals surface area contributed by atoms with Gasteiger partial charge in [0.15, 0.2) is 0 Å². The largest absolute Gasteiger partial charge is 0.495 e. The second kappa shape index (κ2) is 4.37. The molecule has 0 amide bonds. The summed E-state index contributed by atoms with van der Waals surface area (Å²) >= 11 is 0. The van der Waals surface area contributed by atoms with Gasteiger partial charge in [-0.3, -0.25) is 0 Å². The first-order valence-corrected chi connectivity index (χ1v) is 6.24. The van der Waals surface area contributed by atoms with Crippen molar-refractivity contribution in [3.63, 3.8) is 0 Å². The Morgan fingerprint density at radius 3 is 2.28 bits per heavy atom. The van der Waals surface area contributed by atoms with Gasteiger partial charge < -0.3 is 9.64 Å². The highest BCUT2D eigenvalue weighted by molar-refractivity contribution is 5.62. The molecule has 0 N–H and O–H groups in total. The van der Waals surface area contributed by atoms with Crippen LogP contribution < -0.4 is 9.64 Å². The van der Waals surface area contributed by atoms with E-state index in [2.05, 4.69) is 54.3 Å². The van der Waals surface area contributed by atoms with Crippen molar-refractivity contribution in [3.05, 3.63) is 59.2 Å². The lowest BCUT2D eigenvalue weighted by molar-refractivity contribution is 0.414. The molecule has 92 valence electrons. The van der Waals surface area contributed by atoms with Crippen LogP contribution in [-0.2, 0) is 13.1 Å². The van der Waals surface area contributed by atoms with E-state index in [4.69, 9.17) is 4.74 Å². The molecule has 0 atom stereocenters. The number of hydrogen-bond donors (Lipinski definition) is 0. The van der Waals surface area contributed by atoms with E-state index in [1.54, 1.807) is 7.11 Å². The summed E-state index contributed by atoms with van der Waals surface area (Å²) in [6.45, 7) is 4.02. The third-order valence-electron chi connectivity index (χ3n) is 3.52. The maximum atomic E-state index is 5.50. The van der Waals surface area contributed by atoms with Crippen molar-refractivity contribution in [2.24, 2.45) is 0 Å². The number of rotatable bonds is 2. The molecule has 2 heteroatoms. The Kier molecular flexibility index (Phi) is 2.71. The summed E-state index contributed by atoms with van der Waals surface area (Å²) in [5, 5.41) is 0. The van der Waals surface area contributed by atoms with Gasteiger partial charge >= 0.3 is 0 Å². The first-order chi connectivity index (χ1) is 8.78. The smallest absolute Gasteiger partial charge is 0.142 e. The number of ether oxygens (including phenoxy) is 1. The number of nitrogens with zero attached hydrogens (tertiary/aromatic N) is 1. The molecule has 3 rings (SSSR count). The van der Waals surface area contributed by atoms with Gasteiger partial charge in [-0.25, -0.2) is 0 Å². The van der Waals surface area contributed by atoms with Crippen LogP contribution in [0.25, 0.3) is 0 Å². The monoisotopic (exact) mass is 239 g/mol. The van der Waals surface area contributed by atoms with E-state index in [1.807, 2.05) is 0 Å². The summed E-state index contributed by atoms with van der Waals surface area (Å²) in [7, 11) is 1.74. The second-order valence-electron chi connectivity index (χ2n) is 4.80. The molecule has 0 spiro atoms. The molecular weight excluding hydrogens is 222 g/mol. The zero-order chi connectivity index (χ0) is 12.5. The number of fused-ring (bicyclic) bond motifs is 1. The topological polar surface area (TPSA) is 12.5 Å². The number of aryl methyl sites for hydroxylation is 1. The normalized spacial score (nSPS) is 13.6. The molecule has 0 aromatic heterocycles. The van der Waals surface area contributed by atoms with Gasteiger partial charge in [-0.1, -0.05) is 30.3 Å². The third-order valence-corrected chi connectivity index (χ3v) is 3.52. The van der Waals surface area contributed by atoms with Crippen LogP contribution in [0.15, 0.2) is 42.5 Å². The lowest BCUT2D eigenvalue weighted by Gasteiger charge is -2.21. The molecule has 0 radical (unpaired) electrons. The van der Waals surface area contributed by atoms with Gasteiger partial charge in [0.1, 0.15) is 5.75 Å². The maximum Gasteiger partial charge on any atom is 0.142 e.